The zero-order valence-corrected chi connectivity index (χ0v) is 8.46. The molecule has 62 valence electrons. The molecule has 0 aliphatic heterocycles. The summed E-state index contributed by atoms with van der Waals surface area (Å²) in [7, 11) is 0. The predicted octanol–water partition coefficient (Wildman–Crippen LogP) is 3.00. The predicted molar refractivity (Wildman–Crippen MR) is 50.2 cm³/mol. The van der Waals surface area contributed by atoms with E-state index in [1.165, 1.54) is 10.6 Å². The Morgan fingerprint density at radius 1 is 1.45 bits per heavy atom. The summed E-state index contributed by atoms with van der Waals surface area (Å²) in [6.07, 6.45) is 1.05. The maximum Gasteiger partial charge on any atom is 0.0797 e. The SMILES string of the molecule is CCc1ncsc1C(C)(C)C. The van der Waals surface area contributed by atoms with Gasteiger partial charge in [-0.15, -0.1) is 11.3 Å². The maximum atomic E-state index is 4.32. The number of aryl methyl sites for hydroxylation is 1. The van der Waals surface area contributed by atoms with Crippen molar-refractivity contribution < 1.29 is 0 Å². The molecule has 0 saturated carbocycles. The molecular weight excluding hydrogens is 154 g/mol. The highest BCUT2D eigenvalue weighted by Crippen LogP contribution is 2.29. The third-order valence-electron chi connectivity index (χ3n) is 1.66. The van der Waals surface area contributed by atoms with E-state index < -0.39 is 0 Å². The highest BCUT2D eigenvalue weighted by atomic mass is 32.1. The van der Waals surface area contributed by atoms with Gasteiger partial charge in [-0.2, -0.15) is 0 Å². The van der Waals surface area contributed by atoms with E-state index in [-0.39, 0.29) is 5.41 Å². The second-order valence-corrected chi connectivity index (χ2v) is 4.59. The number of nitrogens with zero attached hydrogens (tertiary/aromatic N) is 1. The zero-order chi connectivity index (χ0) is 8.48. The van der Waals surface area contributed by atoms with Crippen molar-refractivity contribution in [2.75, 3.05) is 0 Å². The van der Waals surface area contributed by atoms with Crippen LogP contribution in [-0.2, 0) is 11.8 Å². The second kappa shape index (κ2) is 2.94. The van der Waals surface area contributed by atoms with Gasteiger partial charge < -0.3 is 0 Å². The Labute approximate surface area is 72.5 Å². The van der Waals surface area contributed by atoms with Crippen LogP contribution in [0.15, 0.2) is 5.51 Å². The summed E-state index contributed by atoms with van der Waals surface area (Å²) in [5.74, 6) is 0. The Hall–Kier alpha value is -0.370. The normalized spacial score (nSPS) is 12.0. The Balaban J connectivity index is 3.02. The minimum absolute atomic E-state index is 0.270. The number of hydrogen-bond acceptors (Lipinski definition) is 2. The van der Waals surface area contributed by atoms with Crippen molar-refractivity contribution in [3.05, 3.63) is 16.1 Å². The van der Waals surface area contributed by atoms with Gasteiger partial charge in [0.1, 0.15) is 0 Å². The standard InChI is InChI=1S/C9H15NS/c1-5-7-8(9(2,3)4)11-6-10-7/h6H,5H2,1-4H3. The van der Waals surface area contributed by atoms with Crippen molar-refractivity contribution >= 4 is 11.3 Å². The van der Waals surface area contributed by atoms with Crippen molar-refractivity contribution in [2.24, 2.45) is 0 Å². The molecule has 0 atom stereocenters. The fourth-order valence-corrected chi connectivity index (χ4v) is 2.10. The van der Waals surface area contributed by atoms with Gasteiger partial charge in [0.15, 0.2) is 0 Å². The molecular formula is C9H15NS. The summed E-state index contributed by atoms with van der Waals surface area (Å²) >= 11 is 1.77. The lowest BCUT2D eigenvalue weighted by Crippen LogP contribution is -2.11. The molecule has 11 heavy (non-hydrogen) atoms. The van der Waals surface area contributed by atoms with E-state index in [1.54, 1.807) is 11.3 Å². The lowest BCUT2D eigenvalue weighted by Gasteiger charge is -2.17. The number of rotatable bonds is 1. The first-order chi connectivity index (χ1) is 5.05. The summed E-state index contributed by atoms with van der Waals surface area (Å²) in [5, 5.41) is 0. The number of hydrogen-bond donors (Lipinski definition) is 0. The monoisotopic (exact) mass is 169 g/mol. The van der Waals surface area contributed by atoms with E-state index >= 15 is 0 Å². The smallest absolute Gasteiger partial charge is 0.0797 e. The molecule has 0 aliphatic rings. The van der Waals surface area contributed by atoms with Gasteiger partial charge >= 0.3 is 0 Å². The molecule has 2 heteroatoms. The number of thiazole rings is 1. The molecule has 0 aliphatic carbocycles. The molecule has 1 rings (SSSR count). The Morgan fingerprint density at radius 3 is 2.45 bits per heavy atom. The summed E-state index contributed by atoms with van der Waals surface area (Å²) in [6, 6.07) is 0. The molecule has 0 fully saturated rings. The van der Waals surface area contributed by atoms with Crippen molar-refractivity contribution in [1.82, 2.24) is 4.98 Å². The van der Waals surface area contributed by atoms with Gasteiger partial charge in [0.2, 0.25) is 0 Å². The number of aromatic nitrogens is 1. The Bertz CT molecular complexity index is 232. The Morgan fingerprint density at radius 2 is 2.09 bits per heavy atom. The molecule has 0 radical (unpaired) electrons. The summed E-state index contributed by atoms with van der Waals surface area (Å²) in [6.45, 7) is 8.86. The van der Waals surface area contributed by atoms with Gasteiger partial charge in [-0.05, 0) is 11.8 Å². The van der Waals surface area contributed by atoms with Crippen LogP contribution in [0, 0.1) is 0 Å². The highest BCUT2D eigenvalue weighted by Gasteiger charge is 2.19. The van der Waals surface area contributed by atoms with Gasteiger partial charge in [-0.25, -0.2) is 4.98 Å². The van der Waals surface area contributed by atoms with Crippen LogP contribution in [0.5, 0.6) is 0 Å². The molecule has 1 nitrogen and oxygen atoms in total. The van der Waals surface area contributed by atoms with Crippen LogP contribution in [-0.4, -0.2) is 4.98 Å². The van der Waals surface area contributed by atoms with Crippen molar-refractivity contribution in [2.45, 2.75) is 39.5 Å². The van der Waals surface area contributed by atoms with E-state index in [1.807, 2.05) is 5.51 Å². The minimum Gasteiger partial charge on any atom is -0.249 e. The third kappa shape index (κ3) is 1.80. The lowest BCUT2D eigenvalue weighted by molar-refractivity contribution is 0.595. The van der Waals surface area contributed by atoms with E-state index in [0.29, 0.717) is 0 Å². The molecule has 0 saturated heterocycles. The van der Waals surface area contributed by atoms with Crippen LogP contribution in [0.3, 0.4) is 0 Å². The molecule has 0 spiro atoms. The van der Waals surface area contributed by atoms with E-state index in [9.17, 15) is 0 Å². The van der Waals surface area contributed by atoms with Crippen LogP contribution in [0.25, 0.3) is 0 Å². The second-order valence-electron chi connectivity index (χ2n) is 3.73. The topological polar surface area (TPSA) is 12.9 Å². The third-order valence-corrected chi connectivity index (χ3v) is 2.95. The first kappa shape index (κ1) is 8.72. The average Bonchev–Trinajstić information content (AvgIpc) is 2.31. The fraction of sp³-hybridized carbons (Fsp3) is 0.667. The average molecular weight is 169 g/mol. The molecule has 0 N–H and O–H groups in total. The molecule has 1 aromatic heterocycles. The fourth-order valence-electron chi connectivity index (χ4n) is 1.13. The first-order valence-electron chi connectivity index (χ1n) is 3.98. The summed E-state index contributed by atoms with van der Waals surface area (Å²) < 4.78 is 0. The van der Waals surface area contributed by atoms with E-state index in [4.69, 9.17) is 0 Å². The van der Waals surface area contributed by atoms with Gasteiger partial charge in [0.25, 0.3) is 0 Å². The van der Waals surface area contributed by atoms with Gasteiger partial charge in [-0.3, -0.25) is 0 Å². The quantitative estimate of drug-likeness (QED) is 0.629. The van der Waals surface area contributed by atoms with Crippen LogP contribution in [0.2, 0.25) is 0 Å². The van der Waals surface area contributed by atoms with Gasteiger partial charge in [0, 0.05) is 4.88 Å². The molecule has 0 amide bonds. The van der Waals surface area contributed by atoms with E-state index in [0.717, 1.165) is 6.42 Å². The summed E-state index contributed by atoms with van der Waals surface area (Å²) in [5.41, 5.74) is 3.48. The van der Waals surface area contributed by atoms with Crippen LogP contribution in [0.1, 0.15) is 38.3 Å². The molecule has 1 aromatic rings. The molecule has 1 heterocycles. The van der Waals surface area contributed by atoms with Crippen molar-refractivity contribution in [1.29, 1.82) is 0 Å². The van der Waals surface area contributed by atoms with E-state index in [2.05, 4.69) is 32.7 Å². The lowest BCUT2D eigenvalue weighted by atomic mass is 9.93. The van der Waals surface area contributed by atoms with Gasteiger partial charge in [-0.1, -0.05) is 27.7 Å². The highest BCUT2D eigenvalue weighted by molar-refractivity contribution is 7.09. The van der Waals surface area contributed by atoms with Crippen molar-refractivity contribution in [3.8, 4) is 0 Å². The van der Waals surface area contributed by atoms with Crippen LogP contribution >= 0.6 is 11.3 Å². The Kier molecular flexibility index (Phi) is 2.33. The molecule has 0 bridgehead atoms. The van der Waals surface area contributed by atoms with Crippen LogP contribution in [0.4, 0.5) is 0 Å². The minimum atomic E-state index is 0.270. The van der Waals surface area contributed by atoms with Crippen molar-refractivity contribution in [3.63, 3.8) is 0 Å². The molecule has 0 unspecified atom stereocenters. The van der Waals surface area contributed by atoms with Gasteiger partial charge in [0.05, 0.1) is 11.2 Å². The largest absolute Gasteiger partial charge is 0.249 e. The molecule has 0 aromatic carbocycles. The maximum absolute atomic E-state index is 4.32. The first-order valence-corrected chi connectivity index (χ1v) is 4.86. The van der Waals surface area contributed by atoms with Crippen LogP contribution < -0.4 is 0 Å². The zero-order valence-electron chi connectivity index (χ0n) is 7.64. The summed E-state index contributed by atoms with van der Waals surface area (Å²) in [4.78, 5) is 5.75.